The van der Waals surface area contributed by atoms with Gasteiger partial charge in [-0.05, 0) is 12.1 Å². The number of hydrogen-bond donors (Lipinski definition) is 1. The van der Waals surface area contributed by atoms with Crippen LogP contribution in [0, 0.1) is 0 Å². The molecule has 0 spiro atoms. The second-order valence-electron chi connectivity index (χ2n) is 3.42. The van der Waals surface area contributed by atoms with E-state index in [0.717, 1.165) is 10.9 Å². The van der Waals surface area contributed by atoms with E-state index in [1.807, 2.05) is 12.1 Å². The van der Waals surface area contributed by atoms with Crippen molar-refractivity contribution in [3.05, 3.63) is 36.0 Å². The van der Waals surface area contributed by atoms with Crippen molar-refractivity contribution in [2.75, 3.05) is 7.11 Å². The Labute approximate surface area is 92.2 Å². The van der Waals surface area contributed by atoms with Gasteiger partial charge in [-0.25, -0.2) is 0 Å². The van der Waals surface area contributed by atoms with E-state index in [1.54, 1.807) is 18.3 Å². The second-order valence-corrected chi connectivity index (χ2v) is 3.42. The Bertz CT molecular complexity index is 542. The zero-order valence-corrected chi connectivity index (χ0v) is 8.82. The Kier molecular flexibility index (Phi) is 2.72. The summed E-state index contributed by atoms with van der Waals surface area (Å²) in [5.74, 6) is -0.741. The molecule has 0 amide bonds. The van der Waals surface area contributed by atoms with Gasteiger partial charge < -0.3 is 9.72 Å². The van der Waals surface area contributed by atoms with E-state index < -0.39 is 5.97 Å². The number of benzene rings is 1. The lowest BCUT2D eigenvalue weighted by atomic mass is 10.0. The first kappa shape index (κ1) is 10.4. The van der Waals surface area contributed by atoms with Crippen molar-refractivity contribution in [2.24, 2.45) is 0 Å². The SMILES string of the molecule is COC(=O)CC(=O)c1cccc2[nH]ccc12. The Morgan fingerprint density at radius 3 is 2.88 bits per heavy atom. The number of rotatable bonds is 3. The topological polar surface area (TPSA) is 59.2 Å². The third-order valence-corrected chi connectivity index (χ3v) is 2.43. The van der Waals surface area contributed by atoms with Gasteiger partial charge in [-0.3, -0.25) is 9.59 Å². The molecule has 0 radical (unpaired) electrons. The van der Waals surface area contributed by atoms with E-state index in [1.165, 1.54) is 7.11 Å². The molecule has 2 rings (SSSR count). The highest BCUT2D eigenvalue weighted by Gasteiger charge is 2.14. The monoisotopic (exact) mass is 217 g/mol. The minimum Gasteiger partial charge on any atom is -0.469 e. The quantitative estimate of drug-likeness (QED) is 0.485. The smallest absolute Gasteiger partial charge is 0.313 e. The first-order valence-electron chi connectivity index (χ1n) is 4.88. The molecule has 0 unspecified atom stereocenters. The van der Waals surface area contributed by atoms with Gasteiger partial charge in [0.15, 0.2) is 5.78 Å². The zero-order valence-electron chi connectivity index (χ0n) is 8.82. The number of H-pyrrole nitrogens is 1. The minimum atomic E-state index is -0.516. The van der Waals surface area contributed by atoms with E-state index in [-0.39, 0.29) is 12.2 Å². The Hall–Kier alpha value is -2.10. The van der Waals surface area contributed by atoms with Crippen molar-refractivity contribution < 1.29 is 14.3 Å². The van der Waals surface area contributed by atoms with Crippen LogP contribution in [-0.2, 0) is 9.53 Å². The summed E-state index contributed by atoms with van der Waals surface area (Å²) in [6.45, 7) is 0. The van der Waals surface area contributed by atoms with Gasteiger partial charge in [0.05, 0.1) is 7.11 Å². The molecule has 0 aliphatic heterocycles. The van der Waals surface area contributed by atoms with Crippen LogP contribution in [-0.4, -0.2) is 23.8 Å². The highest BCUT2D eigenvalue weighted by molar-refractivity contribution is 6.13. The van der Waals surface area contributed by atoms with Gasteiger partial charge in [0, 0.05) is 22.7 Å². The standard InChI is InChI=1S/C12H11NO3/c1-16-12(15)7-11(14)9-3-2-4-10-8(9)5-6-13-10/h2-6,13H,7H2,1H3. The maximum absolute atomic E-state index is 11.8. The molecule has 16 heavy (non-hydrogen) atoms. The van der Waals surface area contributed by atoms with E-state index >= 15 is 0 Å². The molecule has 0 aliphatic rings. The molecular formula is C12H11NO3. The van der Waals surface area contributed by atoms with Crippen LogP contribution in [0.4, 0.5) is 0 Å². The number of methoxy groups -OCH3 is 1. The largest absolute Gasteiger partial charge is 0.469 e. The van der Waals surface area contributed by atoms with Gasteiger partial charge in [0.2, 0.25) is 0 Å². The molecule has 4 nitrogen and oxygen atoms in total. The van der Waals surface area contributed by atoms with Crippen molar-refractivity contribution in [3.63, 3.8) is 0 Å². The third kappa shape index (κ3) is 1.82. The highest BCUT2D eigenvalue weighted by Crippen LogP contribution is 2.18. The molecule has 0 saturated heterocycles. The summed E-state index contributed by atoms with van der Waals surface area (Å²) < 4.78 is 4.47. The highest BCUT2D eigenvalue weighted by atomic mass is 16.5. The first-order valence-corrected chi connectivity index (χ1v) is 4.88. The summed E-state index contributed by atoms with van der Waals surface area (Å²) in [5.41, 5.74) is 1.43. The van der Waals surface area contributed by atoms with Crippen LogP contribution in [0.2, 0.25) is 0 Å². The van der Waals surface area contributed by atoms with Crippen molar-refractivity contribution in [1.82, 2.24) is 4.98 Å². The summed E-state index contributed by atoms with van der Waals surface area (Å²) in [6, 6.07) is 7.19. The number of esters is 1. The van der Waals surface area contributed by atoms with Crippen LogP contribution < -0.4 is 0 Å². The summed E-state index contributed by atoms with van der Waals surface area (Å²) in [4.78, 5) is 25.8. The fourth-order valence-electron chi connectivity index (χ4n) is 1.63. The number of carbonyl (C=O) groups is 2. The molecule has 0 atom stereocenters. The number of ketones is 1. The number of nitrogens with one attached hydrogen (secondary N) is 1. The van der Waals surface area contributed by atoms with Crippen molar-refractivity contribution in [3.8, 4) is 0 Å². The number of Topliss-reactive ketones (excluding diaryl/α,β-unsaturated/α-hetero) is 1. The molecule has 0 fully saturated rings. The average Bonchev–Trinajstić information content (AvgIpc) is 2.76. The second kappa shape index (κ2) is 4.18. The fourth-order valence-corrected chi connectivity index (χ4v) is 1.63. The first-order chi connectivity index (χ1) is 7.72. The van der Waals surface area contributed by atoms with Crippen molar-refractivity contribution in [2.45, 2.75) is 6.42 Å². The molecular weight excluding hydrogens is 206 g/mol. The van der Waals surface area contributed by atoms with Gasteiger partial charge in [0.1, 0.15) is 6.42 Å². The van der Waals surface area contributed by atoms with Crippen molar-refractivity contribution in [1.29, 1.82) is 0 Å². The predicted molar refractivity (Wildman–Crippen MR) is 59.3 cm³/mol. The van der Waals surface area contributed by atoms with E-state index in [0.29, 0.717) is 5.56 Å². The molecule has 4 heteroatoms. The lowest BCUT2D eigenvalue weighted by Crippen LogP contribution is -2.09. The number of fused-ring (bicyclic) bond motifs is 1. The van der Waals surface area contributed by atoms with Gasteiger partial charge in [-0.1, -0.05) is 12.1 Å². The van der Waals surface area contributed by atoms with Gasteiger partial charge >= 0.3 is 5.97 Å². The van der Waals surface area contributed by atoms with Gasteiger partial charge in [0.25, 0.3) is 0 Å². The number of aromatic amines is 1. The third-order valence-electron chi connectivity index (χ3n) is 2.43. The van der Waals surface area contributed by atoms with Gasteiger partial charge in [-0.2, -0.15) is 0 Å². The average molecular weight is 217 g/mol. The van der Waals surface area contributed by atoms with E-state index in [4.69, 9.17) is 0 Å². The Morgan fingerprint density at radius 2 is 2.12 bits per heavy atom. The van der Waals surface area contributed by atoms with Crippen LogP contribution in [0.1, 0.15) is 16.8 Å². The van der Waals surface area contributed by atoms with Crippen molar-refractivity contribution >= 4 is 22.7 Å². The van der Waals surface area contributed by atoms with E-state index in [2.05, 4.69) is 9.72 Å². The van der Waals surface area contributed by atoms with Crippen LogP contribution in [0.3, 0.4) is 0 Å². The molecule has 1 aromatic carbocycles. The predicted octanol–water partition coefficient (Wildman–Crippen LogP) is 1.91. The summed E-state index contributed by atoms with van der Waals surface area (Å²) in [5, 5.41) is 0.830. The van der Waals surface area contributed by atoms with Crippen LogP contribution in [0.5, 0.6) is 0 Å². The molecule has 1 N–H and O–H groups in total. The lowest BCUT2D eigenvalue weighted by Gasteiger charge is -2.01. The number of aromatic nitrogens is 1. The number of hydrogen-bond acceptors (Lipinski definition) is 3. The molecule has 1 heterocycles. The van der Waals surface area contributed by atoms with E-state index in [9.17, 15) is 9.59 Å². The number of ether oxygens (including phenoxy) is 1. The van der Waals surface area contributed by atoms with Crippen LogP contribution in [0.25, 0.3) is 10.9 Å². The minimum absolute atomic E-state index is 0.221. The maximum atomic E-state index is 11.8. The molecule has 0 bridgehead atoms. The molecule has 0 aliphatic carbocycles. The lowest BCUT2D eigenvalue weighted by molar-refractivity contribution is -0.139. The van der Waals surface area contributed by atoms with Crippen LogP contribution in [0.15, 0.2) is 30.5 Å². The Morgan fingerprint density at radius 1 is 1.31 bits per heavy atom. The van der Waals surface area contributed by atoms with Gasteiger partial charge in [-0.15, -0.1) is 0 Å². The summed E-state index contributed by atoms with van der Waals surface area (Å²) >= 11 is 0. The molecule has 0 saturated carbocycles. The molecule has 82 valence electrons. The zero-order chi connectivity index (χ0) is 11.5. The van der Waals surface area contributed by atoms with Crippen LogP contribution >= 0.6 is 0 Å². The maximum Gasteiger partial charge on any atom is 0.313 e. The summed E-state index contributed by atoms with van der Waals surface area (Å²) in [7, 11) is 1.27. The number of carbonyl (C=O) groups excluding carboxylic acids is 2. The molecule has 1 aromatic heterocycles. The molecule has 2 aromatic rings. The summed E-state index contributed by atoms with van der Waals surface area (Å²) in [6.07, 6.45) is 1.54. The fraction of sp³-hybridized carbons (Fsp3) is 0.167. The normalized spacial score (nSPS) is 10.3. The Balaban J connectivity index is 2.36.